The van der Waals surface area contributed by atoms with Crippen molar-refractivity contribution in [3.8, 4) is 0 Å². The monoisotopic (exact) mass is 323 g/mol. The Morgan fingerprint density at radius 1 is 1.48 bits per heavy atom. The van der Waals surface area contributed by atoms with E-state index in [1.807, 2.05) is 20.8 Å². The van der Waals surface area contributed by atoms with Gasteiger partial charge in [-0.1, -0.05) is 12.1 Å². The lowest BCUT2D eigenvalue weighted by molar-refractivity contribution is 0.0178. The van der Waals surface area contributed by atoms with Crippen molar-refractivity contribution < 1.29 is 19.0 Å². The molecule has 2 unspecified atom stereocenters. The van der Waals surface area contributed by atoms with E-state index >= 15 is 0 Å². The van der Waals surface area contributed by atoms with Gasteiger partial charge in [0.25, 0.3) is 0 Å². The zero-order valence-corrected chi connectivity index (χ0v) is 14.3. The summed E-state index contributed by atoms with van der Waals surface area (Å²) in [5.74, 6) is -0.322. The third-order valence-electron chi connectivity index (χ3n) is 4.08. The fraction of sp³-hybridized carbons (Fsp3) is 0.611. The summed E-state index contributed by atoms with van der Waals surface area (Å²) in [7, 11) is 0. The highest BCUT2D eigenvalue weighted by Gasteiger charge is 2.33. The van der Waals surface area contributed by atoms with E-state index in [2.05, 4.69) is 0 Å². The van der Waals surface area contributed by atoms with Gasteiger partial charge in [0.15, 0.2) is 0 Å². The van der Waals surface area contributed by atoms with Gasteiger partial charge in [-0.25, -0.2) is 9.18 Å². The second-order valence-electron chi connectivity index (χ2n) is 7.23. The van der Waals surface area contributed by atoms with Gasteiger partial charge in [-0.05, 0) is 64.2 Å². The van der Waals surface area contributed by atoms with Gasteiger partial charge in [0.05, 0.1) is 6.10 Å². The van der Waals surface area contributed by atoms with Crippen LogP contribution in [0.2, 0.25) is 0 Å². The zero-order chi connectivity index (χ0) is 17.2. The summed E-state index contributed by atoms with van der Waals surface area (Å²) >= 11 is 0. The molecule has 0 bridgehead atoms. The van der Waals surface area contributed by atoms with E-state index in [0.29, 0.717) is 24.1 Å². The molecule has 0 spiro atoms. The van der Waals surface area contributed by atoms with Gasteiger partial charge < -0.3 is 14.7 Å². The molecule has 1 aliphatic rings. The van der Waals surface area contributed by atoms with Crippen LogP contribution < -0.4 is 0 Å². The Morgan fingerprint density at radius 3 is 2.78 bits per heavy atom. The number of carbonyl (C=O) groups excluding carboxylic acids is 1. The van der Waals surface area contributed by atoms with Gasteiger partial charge in [0.2, 0.25) is 0 Å². The first-order valence-electron chi connectivity index (χ1n) is 8.11. The minimum absolute atomic E-state index is 0.0794. The summed E-state index contributed by atoms with van der Waals surface area (Å²) < 4.78 is 19.1. The molecule has 1 fully saturated rings. The SMILES string of the molecule is Cc1ccc(C(O)CC2CCCN2C(=O)OC(C)(C)C)cc1F. The van der Waals surface area contributed by atoms with Crippen LogP contribution >= 0.6 is 0 Å². The summed E-state index contributed by atoms with van der Waals surface area (Å²) in [5, 5.41) is 10.4. The molecule has 1 N–H and O–H groups in total. The van der Waals surface area contributed by atoms with Crippen LogP contribution in [0.25, 0.3) is 0 Å². The minimum atomic E-state index is -0.793. The van der Waals surface area contributed by atoms with Crippen LogP contribution in [0.15, 0.2) is 18.2 Å². The van der Waals surface area contributed by atoms with Crippen molar-refractivity contribution in [3.05, 3.63) is 35.1 Å². The van der Waals surface area contributed by atoms with Crippen molar-refractivity contribution in [3.63, 3.8) is 0 Å². The number of amides is 1. The number of aliphatic hydroxyl groups excluding tert-OH is 1. The minimum Gasteiger partial charge on any atom is -0.444 e. The topological polar surface area (TPSA) is 49.8 Å². The molecule has 1 aromatic rings. The Bertz CT molecular complexity index is 568. The van der Waals surface area contributed by atoms with Gasteiger partial charge >= 0.3 is 6.09 Å². The van der Waals surface area contributed by atoms with Crippen molar-refractivity contribution in [1.82, 2.24) is 4.90 Å². The van der Waals surface area contributed by atoms with Gasteiger partial charge in [0.1, 0.15) is 11.4 Å². The van der Waals surface area contributed by atoms with Crippen LogP contribution in [-0.4, -0.2) is 34.3 Å². The maximum absolute atomic E-state index is 13.6. The van der Waals surface area contributed by atoms with Gasteiger partial charge in [0, 0.05) is 12.6 Å². The maximum atomic E-state index is 13.6. The lowest BCUT2D eigenvalue weighted by Crippen LogP contribution is -2.40. The smallest absolute Gasteiger partial charge is 0.410 e. The standard InChI is InChI=1S/C18H26FNO3/c1-12-7-8-13(10-15(12)19)16(21)11-14-6-5-9-20(14)17(22)23-18(2,3)4/h7-8,10,14,16,21H,5-6,9,11H2,1-4H3. The number of halogens is 1. The Morgan fingerprint density at radius 2 is 2.17 bits per heavy atom. The van der Waals surface area contributed by atoms with Crippen LogP contribution in [-0.2, 0) is 4.74 Å². The summed E-state index contributed by atoms with van der Waals surface area (Å²) in [6, 6.07) is 4.68. The molecule has 1 heterocycles. The number of benzene rings is 1. The fourth-order valence-corrected chi connectivity index (χ4v) is 2.85. The van der Waals surface area contributed by atoms with E-state index in [1.165, 1.54) is 6.07 Å². The molecule has 128 valence electrons. The van der Waals surface area contributed by atoms with E-state index in [-0.39, 0.29) is 18.0 Å². The summed E-state index contributed by atoms with van der Waals surface area (Å²) in [6.07, 6.45) is 0.964. The van der Waals surface area contributed by atoms with E-state index in [0.717, 1.165) is 12.8 Å². The average molecular weight is 323 g/mol. The molecule has 2 rings (SSSR count). The Kier molecular flexibility index (Phi) is 5.30. The molecule has 0 aromatic heterocycles. The molecule has 1 amide bonds. The Balaban J connectivity index is 2.02. The summed E-state index contributed by atoms with van der Waals surface area (Å²) in [4.78, 5) is 13.9. The second kappa shape index (κ2) is 6.87. The molecule has 1 saturated heterocycles. The van der Waals surface area contributed by atoms with Crippen LogP contribution in [0, 0.1) is 12.7 Å². The third-order valence-corrected chi connectivity index (χ3v) is 4.08. The first kappa shape index (κ1) is 17.7. The van der Waals surface area contributed by atoms with Gasteiger partial charge in [-0.15, -0.1) is 0 Å². The van der Waals surface area contributed by atoms with Crippen molar-refractivity contribution in [2.24, 2.45) is 0 Å². The number of hydrogen-bond acceptors (Lipinski definition) is 3. The Hall–Kier alpha value is -1.62. The van der Waals surface area contributed by atoms with Crippen molar-refractivity contribution in [1.29, 1.82) is 0 Å². The first-order valence-corrected chi connectivity index (χ1v) is 8.11. The highest BCUT2D eigenvalue weighted by atomic mass is 19.1. The highest BCUT2D eigenvalue weighted by molar-refractivity contribution is 5.68. The van der Waals surface area contributed by atoms with Gasteiger partial charge in [-0.3, -0.25) is 0 Å². The number of rotatable bonds is 3. The number of nitrogens with zero attached hydrogens (tertiary/aromatic N) is 1. The molecular weight excluding hydrogens is 297 g/mol. The lowest BCUT2D eigenvalue weighted by Gasteiger charge is -2.29. The number of carbonyl (C=O) groups is 1. The van der Waals surface area contributed by atoms with E-state index in [1.54, 1.807) is 24.0 Å². The van der Waals surface area contributed by atoms with Crippen LogP contribution in [0.5, 0.6) is 0 Å². The lowest BCUT2D eigenvalue weighted by atomic mass is 9.99. The molecule has 5 heteroatoms. The van der Waals surface area contributed by atoms with Gasteiger partial charge in [-0.2, -0.15) is 0 Å². The zero-order valence-electron chi connectivity index (χ0n) is 14.3. The van der Waals surface area contributed by atoms with Crippen molar-refractivity contribution >= 4 is 6.09 Å². The molecule has 23 heavy (non-hydrogen) atoms. The highest BCUT2D eigenvalue weighted by Crippen LogP contribution is 2.29. The number of aliphatic hydroxyl groups is 1. The maximum Gasteiger partial charge on any atom is 0.410 e. The molecule has 1 aromatic carbocycles. The molecular formula is C18H26FNO3. The van der Waals surface area contributed by atoms with Crippen LogP contribution in [0.3, 0.4) is 0 Å². The number of ether oxygens (including phenoxy) is 1. The van der Waals surface area contributed by atoms with E-state index in [9.17, 15) is 14.3 Å². The quantitative estimate of drug-likeness (QED) is 0.916. The molecule has 0 radical (unpaired) electrons. The second-order valence-corrected chi connectivity index (χ2v) is 7.23. The predicted octanol–water partition coefficient (Wildman–Crippen LogP) is 3.96. The number of aryl methyl sites for hydroxylation is 1. The van der Waals surface area contributed by atoms with Crippen LogP contribution in [0.4, 0.5) is 9.18 Å². The normalized spacial score (nSPS) is 19.7. The average Bonchev–Trinajstić information content (AvgIpc) is 2.88. The van der Waals surface area contributed by atoms with Crippen molar-refractivity contribution in [2.45, 2.75) is 64.7 Å². The largest absolute Gasteiger partial charge is 0.444 e. The molecule has 0 aliphatic carbocycles. The van der Waals surface area contributed by atoms with Crippen LogP contribution in [0.1, 0.15) is 57.3 Å². The number of likely N-dealkylation sites (tertiary alicyclic amines) is 1. The summed E-state index contributed by atoms with van der Waals surface area (Å²) in [5.41, 5.74) is 0.560. The summed E-state index contributed by atoms with van der Waals surface area (Å²) in [6.45, 7) is 7.82. The number of hydrogen-bond donors (Lipinski definition) is 1. The van der Waals surface area contributed by atoms with E-state index < -0.39 is 11.7 Å². The molecule has 2 atom stereocenters. The molecule has 1 aliphatic heterocycles. The molecule has 4 nitrogen and oxygen atoms in total. The first-order chi connectivity index (χ1) is 10.7. The molecule has 0 saturated carbocycles. The Labute approximate surface area is 137 Å². The van der Waals surface area contributed by atoms with Crippen molar-refractivity contribution in [2.75, 3.05) is 6.54 Å². The fourth-order valence-electron chi connectivity index (χ4n) is 2.85. The third kappa shape index (κ3) is 4.67. The van der Waals surface area contributed by atoms with E-state index in [4.69, 9.17) is 4.74 Å². The predicted molar refractivity (Wildman–Crippen MR) is 86.7 cm³/mol.